The summed E-state index contributed by atoms with van der Waals surface area (Å²) in [6, 6.07) is 10.1. The molecule has 0 aliphatic carbocycles. The molecule has 2 aromatic carbocycles. The number of rotatable bonds is 4. The van der Waals surface area contributed by atoms with Gasteiger partial charge in [-0.1, -0.05) is 39.7 Å². The maximum absolute atomic E-state index is 12.5. The van der Waals surface area contributed by atoms with Crippen LogP contribution in [-0.4, -0.2) is 0 Å². The van der Waals surface area contributed by atoms with Gasteiger partial charge >= 0.3 is 6.18 Å². The fourth-order valence-corrected chi connectivity index (χ4v) is 2.38. The van der Waals surface area contributed by atoms with E-state index in [9.17, 15) is 13.2 Å². The lowest BCUT2D eigenvalue weighted by Gasteiger charge is -2.11. The highest BCUT2D eigenvalue weighted by atomic mass is 79.9. The SMILES string of the molecule is FC(F)(F)c1ccc(COc2ccc(Cl)cc2CBr)cc1. The highest BCUT2D eigenvalue weighted by Crippen LogP contribution is 2.30. The highest BCUT2D eigenvalue weighted by molar-refractivity contribution is 9.08. The maximum Gasteiger partial charge on any atom is 0.416 e. The monoisotopic (exact) mass is 378 g/mol. The molecule has 0 aromatic heterocycles. The Balaban J connectivity index is 2.07. The third-order valence-corrected chi connectivity index (χ3v) is 3.68. The molecule has 0 fully saturated rings. The van der Waals surface area contributed by atoms with Crippen molar-refractivity contribution < 1.29 is 17.9 Å². The van der Waals surface area contributed by atoms with Gasteiger partial charge in [-0.2, -0.15) is 13.2 Å². The molecular formula is C15H11BrClF3O. The van der Waals surface area contributed by atoms with E-state index in [2.05, 4.69) is 15.9 Å². The number of hydrogen-bond acceptors (Lipinski definition) is 1. The molecule has 0 N–H and O–H groups in total. The second kappa shape index (κ2) is 6.71. The Morgan fingerprint density at radius 2 is 1.71 bits per heavy atom. The maximum atomic E-state index is 12.5. The number of ether oxygens (including phenoxy) is 1. The third kappa shape index (κ3) is 4.38. The summed E-state index contributed by atoms with van der Waals surface area (Å²) in [5, 5.41) is 1.18. The Bertz CT molecular complexity index is 611. The van der Waals surface area contributed by atoms with Crippen LogP contribution in [0.5, 0.6) is 5.75 Å². The van der Waals surface area contributed by atoms with E-state index in [4.69, 9.17) is 16.3 Å². The normalized spacial score (nSPS) is 11.5. The molecule has 0 unspecified atom stereocenters. The van der Waals surface area contributed by atoms with Crippen molar-refractivity contribution in [3.63, 3.8) is 0 Å². The van der Waals surface area contributed by atoms with Crippen molar-refractivity contribution >= 4 is 27.5 Å². The highest BCUT2D eigenvalue weighted by Gasteiger charge is 2.29. The van der Waals surface area contributed by atoms with E-state index in [-0.39, 0.29) is 6.61 Å². The molecule has 1 nitrogen and oxygen atoms in total. The zero-order chi connectivity index (χ0) is 15.5. The van der Waals surface area contributed by atoms with E-state index in [0.717, 1.165) is 17.7 Å². The summed E-state index contributed by atoms with van der Waals surface area (Å²) in [6.07, 6.45) is -4.32. The minimum atomic E-state index is -4.32. The van der Waals surface area contributed by atoms with Crippen LogP contribution in [0.25, 0.3) is 0 Å². The summed E-state index contributed by atoms with van der Waals surface area (Å²) in [5.74, 6) is 0.649. The molecule has 0 amide bonds. The number of alkyl halides is 4. The Hall–Kier alpha value is -1.20. The predicted molar refractivity (Wildman–Crippen MR) is 79.9 cm³/mol. The fraction of sp³-hybridized carbons (Fsp3) is 0.200. The minimum Gasteiger partial charge on any atom is -0.489 e. The first-order valence-corrected chi connectivity index (χ1v) is 7.53. The Labute approximate surface area is 133 Å². The van der Waals surface area contributed by atoms with E-state index in [1.807, 2.05) is 0 Å². The van der Waals surface area contributed by atoms with Crippen molar-refractivity contribution in [2.24, 2.45) is 0 Å². The van der Waals surface area contributed by atoms with Crippen LogP contribution in [0.15, 0.2) is 42.5 Å². The first-order valence-electron chi connectivity index (χ1n) is 6.03. The van der Waals surface area contributed by atoms with E-state index in [1.54, 1.807) is 18.2 Å². The lowest BCUT2D eigenvalue weighted by atomic mass is 10.1. The van der Waals surface area contributed by atoms with Gasteiger partial charge in [0.1, 0.15) is 12.4 Å². The lowest BCUT2D eigenvalue weighted by Crippen LogP contribution is -2.05. The summed E-state index contributed by atoms with van der Waals surface area (Å²) in [7, 11) is 0. The summed E-state index contributed by atoms with van der Waals surface area (Å²) >= 11 is 9.23. The topological polar surface area (TPSA) is 9.23 Å². The van der Waals surface area contributed by atoms with Crippen LogP contribution in [-0.2, 0) is 18.1 Å². The van der Waals surface area contributed by atoms with Gasteiger partial charge in [0, 0.05) is 15.9 Å². The molecular weight excluding hydrogens is 369 g/mol. The fourth-order valence-electron chi connectivity index (χ4n) is 1.74. The van der Waals surface area contributed by atoms with E-state index in [0.29, 0.717) is 21.7 Å². The summed E-state index contributed by atoms with van der Waals surface area (Å²) in [4.78, 5) is 0. The van der Waals surface area contributed by atoms with E-state index in [1.165, 1.54) is 12.1 Å². The van der Waals surface area contributed by atoms with Crippen LogP contribution in [0.2, 0.25) is 5.02 Å². The van der Waals surface area contributed by atoms with E-state index < -0.39 is 11.7 Å². The molecule has 0 atom stereocenters. The molecule has 0 saturated carbocycles. The molecule has 0 bridgehead atoms. The Kier molecular flexibility index (Phi) is 5.17. The van der Waals surface area contributed by atoms with Gasteiger partial charge in [0.05, 0.1) is 5.56 Å². The van der Waals surface area contributed by atoms with Crippen molar-refractivity contribution in [1.29, 1.82) is 0 Å². The first-order chi connectivity index (χ1) is 9.90. The average molecular weight is 380 g/mol. The first kappa shape index (κ1) is 16.2. The van der Waals surface area contributed by atoms with E-state index >= 15 is 0 Å². The smallest absolute Gasteiger partial charge is 0.416 e. The van der Waals surface area contributed by atoms with Crippen LogP contribution in [0.1, 0.15) is 16.7 Å². The van der Waals surface area contributed by atoms with Crippen LogP contribution >= 0.6 is 27.5 Å². The number of hydrogen-bond donors (Lipinski definition) is 0. The summed E-state index contributed by atoms with van der Waals surface area (Å²) < 4.78 is 43.0. The van der Waals surface area contributed by atoms with Gasteiger partial charge in [0.25, 0.3) is 0 Å². The van der Waals surface area contributed by atoms with Gasteiger partial charge in [-0.25, -0.2) is 0 Å². The molecule has 0 radical (unpaired) electrons. The standard InChI is InChI=1S/C15H11BrClF3O/c16-8-11-7-13(17)5-6-14(11)21-9-10-1-3-12(4-2-10)15(18,19)20/h1-7H,8-9H2. The van der Waals surface area contributed by atoms with Gasteiger partial charge in [-0.05, 0) is 35.9 Å². The van der Waals surface area contributed by atoms with Crippen LogP contribution in [0.4, 0.5) is 13.2 Å². The summed E-state index contributed by atoms with van der Waals surface area (Å²) in [6.45, 7) is 0.194. The van der Waals surface area contributed by atoms with Crippen LogP contribution < -0.4 is 4.74 Å². The molecule has 0 saturated heterocycles. The zero-order valence-corrected chi connectivity index (χ0v) is 13.1. The van der Waals surface area contributed by atoms with Crippen molar-refractivity contribution in [2.45, 2.75) is 18.1 Å². The van der Waals surface area contributed by atoms with Crippen LogP contribution in [0, 0.1) is 0 Å². The molecule has 2 rings (SSSR count). The second-order valence-corrected chi connectivity index (χ2v) is 5.37. The van der Waals surface area contributed by atoms with Gasteiger partial charge < -0.3 is 4.74 Å². The molecule has 0 heterocycles. The number of benzene rings is 2. The van der Waals surface area contributed by atoms with Crippen molar-refractivity contribution in [3.05, 3.63) is 64.2 Å². The Morgan fingerprint density at radius 1 is 1.05 bits per heavy atom. The van der Waals surface area contributed by atoms with Crippen molar-refractivity contribution in [1.82, 2.24) is 0 Å². The largest absolute Gasteiger partial charge is 0.489 e. The van der Waals surface area contributed by atoms with Crippen molar-refractivity contribution in [3.8, 4) is 5.75 Å². The second-order valence-electron chi connectivity index (χ2n) is 4.37. The average Bonchev–Trinajstić information content (AvgIpc) is 2.45. The molecule has 112 valence electrons. The Morgan fingerprint density at radius 3 is 2.29 bits per heavy atom. The molecule has 0 spiro atoms. The molecule has 0 aliphatic heterocycles. The zero-order valence-electron chi connectivity index (χ0n) is 10.8. The summed E-state index contributed by atoms with van der Waals surface area (Å²) in [5.41, 5.74) is 0.881. The minimum absolute atomic E-state index is 0.194. The van der Waals surface area contributed by atoms with Gasteiger partial charge in [-0.15, -0.1) is 0 Å². The quantitative estimate of drug-likeness (QED) is 0.607. The molecule has 6 heteroatoms. The molecule has 21 heavy (non-hydrogen) atoms. The predicted octanol–water partition coefficient (Wildman–Crippen LogP) is 5.83. The van der Waals surface area contributed by atoms with Gasteiger partial charge in [0.15, 0.2) is 0 Å². The van der Waals surface area contributed by atoms with Crippen LogP contribution in [0.3, 0.4) is 0 Å². The van der Waals surface area contributed by atoms with Gasteiger partial charge in [-0.3, -0.25) is 0 Å². The number of halogens is 5. The van der Waals surface area contributed by atoms with Crippen molar-refractivity contribution in [2.75, 3.05) is 0 Å². The molecule has 0 aliphatic rings. The third-order valence-electron chi connectivity index (χ3n) is 2.84. The van der Waals surface area contributed by atoms with Gasteiger partial charge in [0.2, 0.25) is 0 Å². The molecule has 2 aromatic rings. The lowest BCUT2D eigenvalue weighted by molar-refractivity contribution is -0.137.